The summed E-state index contributed by atoms with van der Waals surface area (Å²) in [5, 5.41) is 0. The number of halogens is 1. The normalized spacial score (nSPS) is 21.0. The molecule has 0 bridgehead atoms. The summed E-state index contributed by atoms with van der Waals surface area (Å²) in [7, 11) is 4.64. The first-order valence-electron chi connectivity index (χ1n) is 5.00. The van der Waals surface area contributed by atoms with E-state index < -0.39 is 0 Å². The molecule has 12 heavy (non-hydrogen) atoms. The monoisotopic (exact) mass is 192 g/mol. The molecule has 2 heteroatoms. The predicted molar refractivity (Wildman–Crippen MR) is 56.7 cm³/mol. The van der Waals surface area contributed by atoms with Crippen LogP contribution in [-0.4, -0.2) is 37.5 Å². The van der Waals surface area contributed by atoms with Crippen LogP contribution in [0.4, 0.5) is 0 Å². The van der Waals surface area contributed by atoms with Gasteiger partial charge in [0.15, 0.2) is 0 Å². The zero-order valence-corrected chi connectivity index (χ0v) is 9.53. The molecule has 0 radical (unpaired) electrons. The summed E-state index contributed by atoms with van der Waals surface area (Å²) in [6, 6.07) is 0. The van der Waals surface area contributed by atoms with Gasteiger partial charge in [-0.25, -0.2) is 0 Å². The minimum Gasteiger partial charge on any atom is -0.328 e. The Bertz CT molecular complexity index is 92.0. The molecule has 1 aliphatic rings. The van der Waals surface area contributed by atoms with Crippen LogP contribution in [0.25, 0.3) is 0 Å². The minimum absolute atomic E-state index is 0.792. The number of rotatable bonds is 1. The molecule has 1 heterocycles. The van der Waals surface area contributed by atoms with Gasteiger partial charge in [0, 0.05) is 5.88 Å². The van der Waals surface area contributed by atoms with E-state index in [9.17, 15) is 0 Å². The Kier molecular flexibility index (Phi) is 6.87. The number of likely N-dealkylation sites (tertiary alicyclic amines) is 1. The molecule has 1 fully saturated rings. The molecule has 0 saturated carbocycles. The molecule has 0 spiro atoms. The third-order valence-electron chi connectivity index (χ3n) is 2.22. The molecule has 0 aromatic carbocycles. The number of piperidine rings is 1. The summed E-state index contributed by atoms with van der Waals surface area (Å²) < 4.78 is 1.25. The van der Waals surface area contributed by atoms with Crippen LogP contribution in [0.2, 0.25) is 0 Å². The van der Waals surface area contributed by atoms with Gasteiger partial charge < -0.3 is 4.48 Å². The number of quaternary nitrogens is 1. The molecule has 0 aromatic heterocycles. The maximum absolute atomic E-state index is 5.19. The van der Waals surface area contributed by atoms with Gasteiger partial charge in [-0.3, -0.25) is 0 Å². The van der Waals surface area contributed by atoms with E-state index in [1.165, 1.54) is 36.8 Å². The molecule has 1 rings (SSSR count). The van der Waals surface area contributed by atoms with Crippen molar-refractivity contribution in [1.29, 1.82) is 0 Å². The summed E-state index contributed by atoms with van der Waals surface area (Å²) in [5.41, 5.74) is 0. The molecule has 0 amide bonds. The third-order valence-corrected chi connectivity index (χ3v) is 2.59. The van der Waals surface area contributed by atoms with E-state index in [4.69, 9.17) is 11.6 Å². The lowest BCUT2D eigenvalue weighted by atomic mass is 10.1. The minimum atomic E-state index is 0.792. The Morgan fingerprint density at radius 3 is 1.67 bits per heavy atom. The summed E-state index contributed by atoms with van der Waals surface area (Å²) in [5.74, 6) is 0.792. The fourth-order valence-corrected chi connectivity index (χ4v) is 1.37. The molecule has 0 unspecified atom stereocenters. The number of nitrogens with zero attached hydrogens (tertiary/aromatic N) is 1. The largest absolute Gasteiger partial charge is 0.328 e. The van der Waals surface area contributed by atoms with Crippen LogP contribution in [0.5, 0.6) is 0 Å². The van der Waals surface area contributed by atoms with Crippen LogP contribution in [0.1, 0.15) is 32.6 Å². The number of alkyl halides is 1. The van der Waals surface area contributed by atoms with Gasteiger partial charge >= 0.3 is 0 Å². The molecule has 0 atom stereocenters. The van der Waals surface area contributed by atoms with E-state index in [-0.39, 0.29) is 0 Å². The molecule has 1 nitrogen and oxygen atoms in total. The van der Waals surface area contributed by atoms with Crippen molar-refractivity contribution in [3.8, 4) is 0 Å². The summed E-state index contributed by atoms with van der Waals surface area (Å²) in [6.45, 7) is 4.83. The van der Waals surface area contributed by atoms with E-state index in [0.717, 1.165) is 12.3 Å². The van der Waals surface area contributed by atoms with Gasteiger partial charge in [-0.2, -0.15) is 0 Å². The van der Waals surface area contributed by atoms with Crippen LogP contribution < -0.4 is 0 Å². The standard InChI is InChI=1S/C7H16N.C3H7Cl/c1-8(2)6-4-3-5-7-8;1-2-3-4/h3-7H2,1-2H3;2-3H2,1H3/q+1;. The molecule has 1 aliphatic heterocycles. The lowest BCUT2D eigenvalue weighted by molar-refractivity contribution is -0.894. The zero-order chi connectivity index (χ0) is 9.45. The average Bonchev–Trinajstić information content (AvgIpc) is 2.05. The summed E-state index contributed by atoms with van der Waals surface area (Å²) in [4.78, 5) is 0. The summed E-state index contributed by atoms with van der Waals surface area (Å²) in [6.07, 6.45) is 5.42. The van der Waals surface area contributed by atoms with Crippen molar-refractivity contribution in [2.24, 2.45) is 0 Å². The average molecular weight is 193 g/mol. The molecule has 1 saturated heterocycles. The van der Waals surface area contributed by atoms with Gasteiger partial charge in [-0.1, -0.05) is 6.92 Å². The Balaban J connectivity index is 0.000000261. The topological polar surface area (TPSA) is 0 Å². The van der Waals surface area contributed by atoms with Crippen molar-refractivity contribution < 1.29 is 4.48 Å². The first-order chi connectivity index (χ1) is 5.62. The van der Waals surface area contributed by atoms with Gasteiger partial charge in [-0.05, 0) is 25.7 Å². The van der Waals surface area contributed by atoms with Gasteiger partial charge in [0.2, 0.25) is 0 Å². The highest BCUT2D eigenvalue weighted by Gasteiger charge is 2.17. The maximum atomic E-state index is 5.19. The molecule has 0 N–H and O–H groups in total. The van der Waals surface area contributed by atoms with E-state index in [1.54, 1.807) is 0 Å². The highest BCUT2D eigenvalue weighted by Crippen LogP contribution is 2.12. The summed E-state index contributed by atoms with van der Waals surface area (Å²) >= 11 is 5.19. The van der Waals surface area contributed by atoms with Crippen LogP contribution in [-0.2, 0) is 0 Å². The smallest absolute Gasteiger partial charge is 0.0782 e. The lowest BCUT2D eigenvalue weighted by Crippen LogP contribution is -2.43. The fourth-order valence-electron chi connectivity index (χ4n) is 1.37. The second kappa shape index (κ2) is 6.73. The van der Waals surface area contributed by atoms with Crippen molar-refractivity contribution in [2.75, 3.05) is 33.1 Å². The second-order valence-electron chi connectivity index (χ2n) is 4.13. The first-order valence-corrected chi connectivity index (χ1v) is 5.54. The molecular weight excluding hydrogens is 170 g/mol. The SMILES string of the molecule is CCCCl.C[N+]1(C)CCCCC1. The van der Waals surface area contributed by atoms with Crippen molar-refractivity contribution in [1.82, 2.24) is 0 Å². The first kappa shape index (κ1) is 12.2. The van der Waals surface area contributed by atoms with Crippen LogP contribution in [0, 0.1) is 0 Å². The Morgan fingerprint density at radius 2 is 1.50 bits per heavy atom. The molecule has 0 aliphatic carbocycles. The van der Waals surface area contributed by atoms with Crippen LogP contribution in [0.15, 0.2) is 0 Å². The van der Waals surface area contributed by atoms with E-state index in [0.29, 0.717) is 0 Å². The second-order valence-corrected chi connectivity index (χ2v) is 4.51. The van der Waals surface area contributed by atoms with Gasteiger partial charge in [0.1, 0.15) is 0 Å². The highest BCUT2D eigenvalue weighted by molar-refractivity contribution is 6.17. The van der Waals surface area contributed by atoms with Crippen molar-refractivity contribution >= 4 is 11.6 Å². The van der Waals surface area contributed by atoms with Gasteiger partial charge in [0.25, 0.3) is 0 Å². The van der Waals surface area contributed by atoms with Crippen molar-refractivity contribution in [2.45, 2.75) is 32.6 Å². The van der Waals surface area contributed by atoms with E-state index >= 15 is 0 Å². The lowest BCUT2D eigenvalue weighted by Gasteiger charge is -2.33. The fraction of sp³-hybridized carbons (Fsp3) is 1.00. The van der Waals surface area contributed by atoms with Gasteiger partial charge in [0.05, 0.1) is 27.2 Å². The predicted octanol–water partition coefficient (Wildman–Crippen LogP) is 2.88. The van der Waals surface area contributed by atoms with Crippen LogP contribution in [0.3, 0.4) is 0 Å². The Hall–Kier alpha value is 0.250. The van der Waals surface area contributed by atoms with Crippen molar-refractivity contribution in [3.63, 3.8) is 0 Å². The number of hydrogen-bond acceptors (Lipinski definition) is 0. The van der Waals surface area contributed by atoms with E-state index in [1.807, 2.05) is 6.92 Å². The molecule has 0 aromatic rings. The van der Waals surface area contributed by atoms with Crippen molar-refractivity contribution in [3.05, 3.63) is 0 Å². The Morgan fingerprint density at radius 1 is 1.08 bits per heavy atom. The Labute approximate surface area is 82.3 Å². The highest BCUT2D eigenvalue weighted by atomic mass is 35.5. The quantitative estimate of drug-likeness (QED) is 0.443. The number of hydrogen-bond donors (Lipinski definition) is 0. The molecular formula is C10H23ClN+. The van der Waals surface area contributed by atoms with Crippen LogP contribution >= 0.6 is 11.6 Å². The van der Waals surface area contributed by atoms with E-state index in [2.05, 4.69) is 14.1 Å². The zero-order valence-electron chi connectivity index (χ0n) is 8.77. The maximum Gasteiger partial charge on any atom is 0.0782 e. The van der Waals surface area contributed by atoms with Gasteiger partial charge in [-0.15, -0.1) is 11.6 Å². The third kappa shape index (κ3) is 6.93. The molecule has 74 valence electrons.